The van der Waals surface area contributed by atoms with Gasteiger partial charge in [0.1, 0.15) is 0 Å². The zero-order chi connectivity index (χ0) is 30.8. The number of hydrogen-bond acceptors (Lipinski definition) is 3. The van der Waals surface area contributed by atoms with Crippen molar-refractivity contribution in [3.63, 3.8) is 0 Å². The monoisotopic (exact) mass is 590 g/mol. The minimum Gasteiger partial charge on any atom is -0.394 e. The minimum absolute atomic E-state index is 0.0811. The van der Waals surface area contributed by atoms with Crippen LogP contribution in [0, 0.1) is 0 Å². The molecule has 0 aliphatic heterocycles. The zero-order valence-corrected chi connectivity index (χ0v) is 28.0. The lowest BCUT2D eigenvalue weighted by atomic mass is 10.1. The van der Waals surface area contributed by atoms with Crippen molar-refractivity contribution in [1.29, 1.82) is 0 Å². The molecule has 4 heteroatoms. The minimum atomic E-state index is -0.860. The molecule has 0 spiro atoms. The van der Waals surface area contributed by atoms with Crippen molar-refractivity contribution in [2.45, 2.75) is 193 Å². The molecule has 2 unspecified atom stereocenters. The summed E-state index contributed by atoms with van der Waals surface area (Å²) in [6.45, 7) is 4.26. The molecule has 0 saturated carbocycles. The maximum absolute atomic E-state index is 12.3. The van der Waals surface area contributed by atoms with Crippen LogP contribution in [0.25, 0.3) is 0 Å². The third-order valence-corrected chi connectivity index (χ3v) is 8.10. The first-order valence-corrected chi connectivity index (χ1v) is 18.2. The molecule has 0 aromatic heterocycles. The van der Waals surface area contributed by atoms with Crippen molar-refractivity contribution in [1.82, 2.24) is 5.32 Å². The summed E-state index contributed by atoms with van der Waals surface area (Å²) < 4.78 is 0. The molecular weight excluding hydrogens is 518 g/mol. The number of aliphatic hydroxyl groups excluding tert-OH is 2. The second-order valence-electron chi connectivity index (χ2n) is 12.3. The van der Waals surface area contributed by atoms with Crippen LogP contribution in [-0.2, 0) is 4.79 Å². The Kier molecular flexibility index (Phi) is 33.0. The molecule has 0 heterocycles. The number of carbonyl (C=O) groups is 1. The largest absolute Gasteiger partial charge is 0.394 e. The molecule has 0 aliphatic carbocycles. The maximum atomic E-state index is 12.3. The summed E-state index contributed by atoms with van der Waals surface area (Å²) in [5.41, 5.74) is 0. The number of unbranched alkanes of at least 4 members (excludes halogenated alkanes) is 21. The predicted molar refractivity (Wildman–Crippen MR) is 184 cm³/mol. The summed E-state index contributed by atoms with van der Waals surface area (Å²) in [6.07, 6.45) is 43.7. The molecule has 2 atom stereocenters. The van der Waals surface area contributed by atoms with Crippen LogP contribution in [0.5, 0.6) is 0 Å². The van der Waals surface area contributed by atoms with Gasteiger partial charge in [0.05, 0.1) is 18.8 Å². The van der Waals surface area contributed by atoms with E-state index in [1.807, 2.05) is 6.08 Å². The number of hydrogen-bond donors (Lipinski definition) is 3. The van der Waals surface area contributed by atoms with Crippen LogP contribution in [0.2, 0.25) is 0 Å². The molecule has 4 nitrogen and oxygen atoms in total. The molecule has 0 bridgehead atoms. The summed E-state index contributed by atoms with van der Waals surface area (Å²) in [7, 11) is 0. The molecular formula is C38H71NO3. The van der Waals surface area contributed by atoms with E-state index < -0.39 is 12.1 Å². The third-order valence-electron chi connectivity index (χ3n) is 8.10. The molecule has 0 fully saturated rings. The van der Waals surface area contributed by atoms with Crippen molar-refractivity contribution in [2.75, 3.05) is 6.61 Å². The second kappa shape index (κ2) is 34.1. The van der Waals surface area contributed by atoms with E-state index in [2.05, 4.69) is 43.5 Å². The Hall–Kier alpha value is -1.39. The van der Waals surface area contributed by atoms with E-state index in [-0.39, 0.29) is 12.5 Å². The number of aliphatic hydroxyl groups is 2. The van der Waals surface area contributed by atoms with Gasteiger partial charge in [-0.15, -0.1) is 0 Å². The van der Waals surface area contributed by atoms with E-state index in [1.165, 1.54) is 128 Å². The topological polar surface area (TPSA) is 69.6 Å². The van der Waals surface area contributed by atoms with Crippen molar-refractivity contribution in [3.8, 4) is 0 Å². The average Bonchev–Trinajstić information content (AvgIpc) is 2.99. The van der Waals surface area contributed by atoms with Gasteiger partial charge < -0.3 is 15.5 Å². The molecule has 42 heavy (non-hydrogen) atoms. The fraction of sp³-hybridized carbons (Fsp3) is 0.816. The molecule has 0 rings (SSSR count). The molecule has 0 aromatic carbocycles. The van der Waals surface area contributed by atoms with E-state index in [9.17, 15) is 15.0 Å². The fourth-order valence-electron chi connectivity index (χ4n) is 5.25. The van der Waals surface area contributed by atoms with Crippen molar-refractivity contribution >= 4 is 5.91 Å². The van der Waals surface area contributed by atoms with E-state index in [0.717, 1.165) is 32.1 Å². The lowest BCUT2D eigenvalue weighted by Crippen LogP contribution is -2.45. The van der Waals surface area contributed by atoms with Crippen molar-refractivity contribution in [3.05, 3.63) is 36.5 Å². The molecule has 1 amide bonds. The van der Waals surface area contributed by atoms with Gasteiger partial charge in [0.15, 0.2) is 0 Å². The van der Waals surface area contributed by atoms with Gasteiger partial charge in [0.2, 0.25) is 5.91 Å². The van der Waals surface area contributed by atoms with E-state index in [0.29, 0.717) is 6.42 Å². The second-order valence-corrected chi connectivity index (χ2v) is 12.3. The summed E-state index contributed by atoms with van der Waals surface area (Å²) >= 11 is 0. The Bertz CT molecular complexity index is 642. The summed E-state index contributed by atoms with van der Waals surface area (Å²) in [5, 5.41) is 22.8. The van der Waals surface area contributed by atoms with Crippen LogP contribution >= 0.6 is 0 Å². The van der Waals surface area contributed by atoms with Gasteiger partial charge in [-0.1, -0.05) is 153 Å². The van der Waals surface area contributed by atoms with Gasteiger partial charge in [-0.05, 0) is 57.8 Å². The van der Waals surface area contributed by atoms with Crippen LogP contribution < -0.4 is 5.32 Å². The van der Waals surface area contributed by atoms with Gasteiger partial charge >= 0.3 is 0 Å². The number of nitrogens with one attached hydrogen (secondary N) is 1. The van der Waals surface area contributed by atoms with Crippen LogP contribution in [0.4, 0.5) is 0 Å². The van der Waals surface area contributed by atoms with Crippen LogP contribution in [0.15, 0.2) is 36.5 Å². The highest BCUT2D eigenvalue weighted by Gasteiger charge is 2.17. The summed E-state index contributed by atoms with van der Waals surface area (Å²) in [6, 6.07) is -0.638. The normalized spacial score (nSPS) is 13.5. The van der Waals surface area contributed by atoms with Gasteiger partial charge in [-0.2, -0.15) is 0 Å². The van der Waals surface area contributed by atoms with Gasteiger partial charge in [-0.25, -0.2) is 0 Å². The van der Waals surface area contributed by atoms with Gasteiger partial charge in [0, 0.05) is 6.42 Å². The van der Waals surface area contributed by atoms with Crippen molar-refractivity contribution < 1.29 is 15.0 Å². The third kappa shape index (κ3) is 30.1. The highest BCUT2D eigenvalue weighted by molar-refractivity contribution is 5.76. The molecule has 246 valence electrons. The lowest BCUT2D eigenvalue weighted by molar-refractivity contribution is -0.123. The van der Waals surface area contributed by atoms with Crippen LogP contribution in [-0.4, -0.2) is 34.9 Å². The van der Waals surface area contributed by atoms with Crippen LogP contribution in [0.3, 0.4) is 0 Å². The Balaban J connectivity index is 3.69. The highest BCUT2D eigenvalue weighted by atomic mass is 16.3. The quantitative estimate of drug-likeness (QED) is 0.0540. The van der Waals surface area contributed by atoms with E-state index in [4.69, 9.17) is 0 Å². The van der Waals surface area contributed by atoms with Crippen LogP contribution in [0.1, 0.15) is 181 Å². The molecule has 3 N–H and O–H groups in total. The Labute approximate surface area is 261 Å². The Morgan fingerprint density at radius 3 is 1.40 bits per heavy atom. The standard InChI is InChI=1S/C38H71NO3/c1-3-5-7-9-11-13-15-17-19-21-23-25-27-29-31-33-37(41)36(35-40)39-38(42)34-32-30-28-26-24-22-20-18-16-14-12-10-8-6-4-2/h14,16,23,25,31,33,36-37,40-41H,3-13,15,17-22,24,26-30,32,34-35H2,1-2H3,(H,39,42)/b16-14-,25-23+,33-31+. The smallest absolute Gasteiger partial charge is 0.220 e. The number of amides is 1. The summed E-state index contributed by atoms with van der Waals surface area (Å²) in [5.74, 6) is -0.0811. The predicted octanol–water partition coefficient (Wildman–Crippen LogP) is 10.7. The number of allylic oxidation sites excluding steroid dienone is 5. The Morgan fingerprint density at radius 2 is 0.929 bits per heavy atom. The van der Waals surface area contributed by atoms with E-state index >= 15 is 0 Å². The fourth-order valence-corrected chi connectivity index (χ4v) is 5.25. The zero-order valence-electron chi connectivity index (χ0n) is 28.0. The Morgan fingerprint density at radius 1 is 0.548 bits per heavy atom. The maximum Gasteiger partial charge on any atom is 0.220 e. The van der Waals surface area contributed by atoms with Crippen molar-refractivity contribution in [2.24, 2.45) is 0 Å². The van der Waals surface area contributed by atoms with Gasteiger partial charge in [0.25, 0.3) is 0 Å². The lowest BCUT2D eigenvalue weighted by Gasteiger charge is -2.19. The molecule has 0 saturated heterocycles. The highest BCUT2D eigenvalue weighted by Crippen LogP contribution is 2.12. The summed E-state index contributed by atoms with van der Waals surface area (Å²) in [4.78, 5) is 12.3. The first-order chi connectivity index (χ1) is 20.7. The average molecular weight is 590 g/mol. The first kappa shape index (κ1) is 40.6. The number of rotatable bonds is 32. The number of carbonyl (C=O) groups excluding carboxylic acids is 1. The van der Waals surface area contributed by atoms with E-state index in [1.54, 1.807) is 6.08 Å². The van der Waals surface area contributed by atoms with Gasteiger partial charge in [-0.3, -0.25) is 4.79 Å². The molecule has 0 aliphatic rings. The molecule has 0 radical (unpaired) electrons. The SMILES string of the molecule is CCCCCC/C=C\CCCCCCCCCC(=O)NC(CO)C(O)/C=C/CC/C=C/CCCCCCCCCCC. The molecule has 0 aromatic rings. The first-order valence-electron chi connectivity index (χ1n) is 18.2.